The van der Waals surface area contributed by atoms with E-state index in [2.05, 4.69) is 0 Å². The number of ether oxygens (including phenoxy) is 1. The molecule has 0 saturated carbocycles. The van der Waals surface area contributed by atoms with E-state index in [1.54, 1.807) is 11.0 Å². The van der Waals surface area contributed by atoms with Crippen LogP contribution in [0.3, 0.4) is 0 Å². The molecule has 1 aromatic carbocycles. The molecule has 1 aliphatic rings. The van der Waals surface area contributed by atoms with Crippen LogP contribution in [0.25, 0.3) is 0 Å². The first-order chi connectivity index (χ1) is 9.37. The SMILES string of the molecule is CC(C)(C)OC(=O)N1CCCC(c2ccccc2O)C1. The smallest absolute Gasteiger partial charge is 0.410 e. The summed E-state index contributed by atoms with van der Waals surface area (Å²) in [5.74, 6) is 0.487. The Hall–Kier alpha value is -1.71. The Labute approximate surface area is 120 Å². The summed E-state index contributed by atoms with van der Waals surface area (Å²) in [6.07, 6.45) is 1.65. The van der Waals surface area contributed by atoms with Crippen LogP contribution in [0.4, 0.5) is 4.79 Å². The van der Waals surface area contributed by atoms with Gasteiger partial charge in [-0.15, -0.1) is 0 Å². The Bertz CT molecular complexity index is 479. The number of likely N-dealkylation sites (tertiary alicyclic amines) is 1. The summed E-state index contributed by atoms with van der Waals surface area (Å²) in [4.78, 5) is 13.9. The molecule has 20 heavy (non-hydrogen) atoms. The van der Waals surface area contributed by atoms with Crippen molar-refractivity contribution in [3.8, 4) is 5.75 Å². The van der Waals surface area contributed by atoms with Gasteiger partial charge in [-0.05, 0) is 45.2 Å². The van der Waals surface area contributed by atoms with Crippen molar-refractivity contribution in [2.75, 3.05) is 13.1 Å². The van der Waals surface area contributed by atoms with Gasteiger partial charge in [-0.1, -0.05) is 18.2 Å². The molecular formula is C16H23NO3. The normalized spacial score (nSPS) is 19.8. The molecule has 0 radical (unpaired) electrons. The van der Waals surface area contributed by atoms with E-state index >= 15 is 0 Å². The number of rotatable bonds is 1. The lowest BCUT2D eigenvalue weighted by atomic mass is 9.90. The van der Waals surface area contributed by atoms with Crippen LogP contribution < -0.4 is 0 Å². The average Bonchev–Trinajstić information content (AvgIpc) is 2.37. The fourth-order valence-corrected chi connectivity index (χ4v) is 2.56. The number of hydrogen-bond acceptors (Lipinski definition) is 3. The monoisotopic (exact) mass is 277 g/mol. The first kappa shape index (κ1) is 14.7. The maximum absolute atomic E-state index is 12.1. The molecule has 1 heterocycles. The van der Waals surface area contributed by atoms with Crippen molar-refractivity contribution in [2.24, 2.45) is 0 Å². The van der Waals surface area contributed by atoms with Crippen molar-refractivity contribution in [1.29, 1.82) is 0 Å². The van der Waals surface area contributed by atoms with Crippen molar-refractivity contribution in [1.82, 2.24) is 4.90 Å². The maximum Gasteiger partial charge on any atom is 0.410 e. The van der Waals surface area contributed by atoms with Crippen LogP contribution in [-0.2, 0) is 4.74 Å². The number of carbonyl (C=O) groups is 1. The van der Waals surface area contributed by atoms with Gasteiger partial charge in [-0.2, -0.15) is 0 Å². The molecule has 1 fully saturated rings. The third kappa shape index (κ3) is 3.65. The zero-order chi connectivity index (χ0) is 14.8. The molecule has 2 rings (SSSR count). The molecule has 1 amide bonds. The van der Waals surface area contributed by atoms with Crippen molar-refractivity contribution >= 4 is 6.09 Å². The van der Waals surface area contributed by atoms with Crippen LogP contribution in [0.2, 0.25) is 0 Å². The number of hydrogen-bond donors (Lipinski definition) is 1. The predicted octanol–water partition coefficient (Wildman–Crippen LogP) is 3.51. The van der Waals surface area contributed by atoms with Gasteiger partial charge in [0.1, 0.15) is 11.4 Å². The molecule has 110 valence electrons. The predicted molar refractivity (Wildman–Crippen MR) is 77.9 cm³/mol. The largest absolute Gasteiger partial charge is 0.508 e. The van der Waals surface area contributed by atoms with Crippen molar-refractivity contribution in [3.63, 3.8) is 0 Å². The van der Waals surface area contributed by atoms with Gasteiger partial charge in [0.05, 0.1) is 0 Å². The Morgan fingerprint density at radius 2 is 2.05 bits per heavy atom. The lowest BCUT2D eigenvalue weighted by Gasteiger charge is -2.34. The third-order valence-corrected chi connectivity index (χ3v) is 3.45. The van der Waals surface area contributed by atoms with Gasteiger partial charge in [0.25, 0.3) is 0 Å². The molecule has 1 unspecified atom stereocenters. The summed E-state index contributed by atoms with van der Waals surface area (Å²) in [5, 5.41) is 9.94. The molecule has 1 N–H and O–H groups in total. The quantitative estimate of drug-likeness (QED) is 0.854. The first-order valence-electron chi connectivity index (χ1n) is 7.12. The van der Waals surface area contributed by atoms with Crippen molar-refractivity contribution in [2.45, 2.75) is 45.1 Å². The number of phenols is 1. The number of phenolic OH excluding ortho intramolecular Hbond substituents is 1. The highest BCUT2D eigenvalue weighted by Gasteiger charge is 2.29. The molecule has 4 nitrogen and oxygen atoms in total. The van der Waals surface area contributed by atoms with E-state index in [0.717, 1.165) is 24.9 Å². The molecule has 0 aromatic heterocycles. The number of para-hydroxylation sites is 1. The van der Waals surface area contributed by atoms with Gasteiger partial charge in [0.15, 0.2) is 0 Å². The number of nitrogens with zero attached hydrogens (tertiary/aromatic N) is 1. The molecule has 4 heteroatoms. The fourth-order valence-electron chi connectivity index (χ4n) is 2.56. The maximum atomic E-state index is 12.1. The molecule has 1 saturated heterocycles. The van der Waals surface area contributed by atoms with E-state index in [4.69, 9.17) is 4.74 Å². The first-order valence-corrected chi connectivity index (χ1v) is 7.12. The highest BCUT2D eigenvalue weighted by atomic mass is 16.6. The number of piperidine rings is 1. The van der Waals surface area contributed by atoms with E-state index < -0.39 is 5.60 Å². The number of benzene rings is 1. The average molecular weight is 277 g/mol. The van der Waals surface area contributed by atoms with Gasteiger partial charge in [-0.3, -0.25) is 0 Å². The van der Waals surface area contributed by atoms with E-state index in [1.165, 1.54) is 0 Å². The summed E-state index contributed by atoms with van der Waals surface area (Å²) in [6, 6.07) is 7.36. The van der Waals surface area contributed by atoms with Crippen LogP contribution in [-0.4, -0.2) is 34.8 Å². The second-order valence-corrected chi connectivity index (χ2v) is 6.32. The minimum absolute atomic E-state index is 0.178. The third-order valence-electron chi connectivity index (χ3n) is 3.45. The molecule has 0 aliphatic carbocycles. The van der Waals surface area contributed by atoms with E-state index in [0.29, 0.717) is 12.3 Å². The molecule has 1 aromatic rings. The van der Waals surface area contributed by atoms with Crippen LogP contribution in [0, 0.1) is 0 Å². The Kier molecular flexibility index (Phi) is 4.21. The van der Waals surface area contributed by atoms with Gasteiger partial charge < -0.3 is 14.7 Å². The Morgan fingerprint density at radius 1 is 1.35 bits per heavy atom. The van der Waals surface area contributed by atoms with Crippen LogP contribution >= 0.6 is 0 Å². The topological polar surface area (TPSA) is 49.8 Å². The van der Waals surface area contributed by atoms with Gasteiger partial charge in [0.2, 0.25) is 0 Å². The molecule has 1 aliphatic heterocycles. The zero-order valence-electron chi connectivity index (χ0n) is 12.4. The van der Waals surface area contributed by atoms with Crippen LogP contribution in [0.15, 0.2) is 24.3 Å². The van der Waals surface area contributed by atoms with Crippen molar-refractivity contribution in [3.05, 3.63) is 29.8 Å². The van der Waals surface area contributed by atoms with E-state index in [9.17, 15) is 9.90 Å². The molecular weight excluding hydrogens is 254 g/mol. The van der Waals surface area contributed by atoms with Crippen LogP contribution in [0.5, 0.6) is 5.75 Å². The highest BCUT2D eigenvalue weighted by Crippen LogP contribution is 2.32. The number of carbonyl (C=O) groups excluding carboxylic acids is 1. The highest BCUT2D eigenvalue weighted by molar-refractivity contribution is 5.68. The lowest BCUT2D eigenvalue weighted by molar-refractivity contribution is 0.0197. The number of aromatic hydroxyl groups is 1. The van der Waals surface area contributed by atoms with E-state index in [1.807, 2.05) is 39.0 Å². The molecule has 0 bridgehead atoms. The van der Waals surface area contributed by atoms with E-state index in [-0.39, 0.29) is 12.0 Å². The molecule has 1 atom stereocenters. The van der Waals surface area contributed by atoms with Gasteiger partial charge in [0, 0.05) is 19.0 Å². The number of amides is 1. The standard InChI is InChI=1S/C16H23NO3/c1-16(2,3)20-15(19)17-10-6-7-12(11-17)13-8-4-5-9-14(13)18/h4-5,8-9,12,18H,6-7,10-11H2,1-3H3. The minimum atomic E-state index is -0.473. The summed E-state index contributed by atoms with van der Waals surface area (Å²) in [6.45, 7) is 6.94. The van der Waals surface area contributed by atoms with Crippen LogP contribution in [0.1, 0.15) is 45.1 Å². The summed E-state index contributed by atoms with van der Waals surface area (Å²) < 4.78 is 5.42. The summed E-state index contributed by atoms with van der Waals surface area (Å²) in [5.41, 5.74) is 0.444. The lowest BCUT2D eigenvalue weighted by Crippen LogP contribution is -2.42. The van der Waals surface area contributed by atoms with Gasteiger partial charge in [-0.25, -0.2) is 4.79 Å². The second-order valence-electron chi connectivity index (χ2n) is 6.32. The Morgan fingerprint density at radius 3 is 2.70 bits per heavy atom. The molecule has 0 spiro atoms. The minimum Gasteiger partial charge on any atom is -0.508 e. The summed E-state index contributed by atoms with van der Waals surface area (Å²) >= 11 is 0. The van der Waals surface area contributed by atoms with Crippen molar-refractivity contribution < 1.29 is 14.6 Å². The van der Waals surface area contributed by atoms with Gasteiger partial charge >= 0.3 is 6.09 Å². The zero-order valence-corrected chi connectivity index (χ0v) is 12.4. The Balaban J connectivity index is 2.06. The second kappa shape index (κ2) is 5.73. The fraction of sp³-hybridized carbons (Fsp3) is 0.562. The summed E-state index contributed by atoms with van der Waals surface area (Å²) in [7, 11) is 0.